The summed E-state index contributed by atoms with van der Waals surface area (Å²) in [7, 11) is 1.10. The number of ether oxygens (including phenoxy) is 2. The van der Waals surface area contributed by atoms with Crippen LogP contribution in [0.1, 0.15) is 142 Å². The van der Waals surface area contributed by atoms with Crippen LogP contribution in [0.25, 0.3) is 0 Å². The Morgan fingerprint density at radius 2 is 0.871 bits per heavy atom. The SMILES string of the molecule is CC/C=C/C/C=C/C/C=C/C/C=C/C/C=C/CCCCCC(=O)OC[C@H](COP(=O)([O-])OCC[N+](C)(C)C)OC(=O)CCCCC/C=C/C/C=C/C/C=C/C/C=C/C/C=C/CC. The van der Waals surface area contributed by atoms with Gasteiger partial charge in [0.15, 0.2) is 6.10 Å². The molecule has 0 rings (SSSR count). The van der Waals surface area contributed by atoms with Crippen LogP contribution in [-0.4, -0.2) is 70.0 Å². The van der Waals surface area contributed by atoms with E-state index in [0.717, 1.165) is 103 Å². The molecule has 350 valence electrons. The molecule has 0 fully saturated rings. The number of allylic oxidation sites excluding steroid dienone is 20. The topological polar surface area (TPSA) is 111 Å². The maximum absolute atomic E-state index is 12.7. The predicted octanol–water partition coefficient (Wildman–Crippen LogP) is 13.1. The molecule has 62 heavy (non-hydrogen) atoms. The minimum atomic E-state index is -4.66. The van der Waals surface area contributed by atoms with E-state index in [1.54, 1.807) is 0 Å². The van der Waals surface area contributed by atoms with Crippen LogP contribution < -0.4 is 4.89 Å². The number of unbranched alkanes of at least 4 members (excludes halogenated alkanes) is 6. The van der Waals surface area contributed by atoms with Crippen molar-refractivity contribution in [2.75, 3.05) is 47.5 Å². The molecule has 0 heterocycles. The molecule has 1 unspecified atom stereocenters. The van der Waals surface area contributed by atoms with E-state index in [0.29, 0.717) is 23.9 Å². The average molecular weight is 882 g/mol. The Morgan fingerprint density at radius 1 is 0.500 bits per heavy atom. The number of phosphoric ester groups is 1. The van der Waals surface area contributed by atoms with Crippen LogP contribution in [0, 0.1) is 0 Å². The van der Waals surface area contributed by atoms with Crippen molar-refractivity contribution in [3.8, 4) is 0 Å². The van der Waals surface area contributed by atoms with Gasteiger partial charge >= 0.3 is 11.9 Å². The Hall–Kier alpha value is -3.59. The second kappa shape index (κ2) is 42.7. The molecule has 2 atom stereocenters. The van der Waals surface area contributed by atoms with Gasteiger partial charge in [-0.15, -0.1) is 0 Å². The van der Waals surface area contributed by atoms with Crippen molar-refractivity contribution < 1.29 is 42.1 Å². The minimum Gasteiger partial charge on any atom is -0.756 e. The van der Waals surface area contributed by atoms with Gasteiger partial charge in [-0.2, -0.15) is 0 Å². The van der Waals surface area contributed by atoms with Gasteiger partial charge in [0.1, 0.15) is 19.8 Å². The Kier molecular flexibility index (Phi) is 40.2. The van der Waals surface area contributed by atoms with Gasteiger partial charge in [-0.3, -0.25) is 14.2 Å². The summed E-state index contributed by atoms with van der Waals surface area (Å²) in [6.07, 6.45) is 59.4. The summed E-state index contributed by atoms with van der Waals surface area (Å²) in [6.45, 7) is 3.89. The maximum Gasteiger partial charge on any atom is 0.306 e. The zero-order valence-corrected chi connectivity index (χ0v) is 40.1. The fourth-order valence-electron chi connectivity index (χ4n) is 5.41. The number of likely N-dealkylation sites (N-methyl/N-ethyl adjacent to an activating group) is 1. The number of hydrogen-bond donors (Lipinski definition) is 0. The van der Waals surface area contributed by atoms with Gasteiger partial charge in [0, 0.05) is 12.8 Å². The number of hydrogen-bond acceptors (Lipinski definition) is 8. The number of carbonyl (C=O) groups is 2. The first-order valence-corrected chi connectivity index (χ1v) is 24.7. The van der Waals surface area contributed by atoms with Gasteiger partial charge < -0.3 is 27.9 Å². The fraction of sp³-hybridized carbons (Fsp3) is 0.577. The predicted molar refractivity (Wildman–Crippen MR) is 258 cm³/mol. The lowest BCUT2D eigenvalue weighted by molar-refractivity contribution is -0.870. The third kappa shape index (κ3) is 45.9. The van der Waals surface area contributed by atoms with Crippen molar-refractivity contribution in [1.82, 2.24) is 0 Å². The first-order chi connectivity index (χ1) is 30.0. The van der Waals surface area contributed by atoms with Gasteiger partial charge in [0.05, 0.1) is 27.7 Å². The Bertz CT molecular complexity index is 1460. The first kappa shape index (κ1) is 58.4. The van der Waals surface area contributed by atoms with E-state index in [2.05, 4.69) is 135 Å². The fourth-order valence-corrected chi connectivity index (χ4v) is 6.14. The van der Waals surface area contributed by atoms with Crippen LogP contribution in [0.15, 0.2) is 122 Å². The quantitative estimate of drug-likeness (QED) is 0.0197. The van der Waals surface area contributed by atoms with E-state index in [1.165, 1.54) is 0 Å². The lowest BCUT2D eigenvalue weighted by Crippen LogP contribution is -2.37. The van der Waals surface area contributed by atoms with E-state index in [4.69, 9.17) is 18.5 Å². The zero-order valence-electron chi connectivity index (χ0n) is 39.3. The molecule has 0 aliphatic heterocycles. The molecule has 0 aliphatic rings. The Balaban J connectivity index is 4.49. The Morgan fingerprint density at radius 3 is 1.26 bits per heavy atom. The molecular weight excluding hydrogens is 798 g/mol. The average Bonchev–Trinajstić information content (AvgIpc) is 3.23. The summed E-state index contributed by atoms with van der Waals surface area (Å²) >= 11 is 0. The highest BCUT2D eigenvalue weighted by atomic mass is 31.2. The molecule has 0 saturated heterocycles. The lowest BCUT2D eigenvalue weighted by Gasteiger charge is -2.28. The third-order valence-corrected chi connectivity index (χ3v) is 9.94. The summed E-state index contributed by atoms with van der Waals surface area (Å²) < 4.78 is 33.9. The van der Waals surface area contributed by atoms with Crippen LogP contribution in [0.3, 0.4) is 0 Å². The highest BCUT2D eigenvalue weighted by Gasteiger charge is 2.21. The highest BCUT2D eigenvalue weighted by molar-refractivity contribution is 7.45. The van der Waals surface area contributed by atoms with E-state index in [1.807, 2.05) is 21.1 Å². The number of esters is 2. The van der Waals surface area contributed by atoms with Gasteiger partial charge in [-0.1, -0.05) is 148 Å². The number of carbonyl (C=O) groups excluding carboxylic acids is 2. The van der Waals surface area contributed by atoms with Crippen LogP contribution in [0.2, 0.25) is 0 Å². The molecule has 0 N–H and O–H groups in total. The monoisotopic (exact) mass is 882 g/mol. The van der Waals surface area contributed by atoms with Crippen LogP contribution >= 0.6 is 7.82 Å². The van der Waals surface area contributed by atoms with Crippen molar-refractivity contribution >= 4 is 19.8 Å². The largest absolute Gasteiger partial charge is 0.756 e. The maximum atomic E-state index is 12.7. The normalized spacial score (nSPS) is 14.6. The summed E-state index contributed by atoms with van der Waals surface area (Å²) in [5, 5.41) is 0. The number of quaternary nitrogens is 1. The summed E-state index contributed by atoms with van der Waals surface area (Å²) in [6, 6.07) is 0. The second-order valence-corrected chi connectivity index (χ2v) is 17.4. The highest BCUT2D eigenvalue weighted by Crippen LogP contribution is 2.38. The third-order valence-electron chi connectivity index (χ3n) is 8.98. The van der Waals surface area contributed by atoms with Gasteiger partial charge in [0.2, 0.25) is 0 Å². The molecule has 0 spiro atoms. The van der Waals surface area contributed by atoms with Gasteiger partial charge in [-0.25, -0.2) is 0 Å². The van der Waals surface area contributed by atoms with Crippen LogP contribution in [-0.2, 0) is 32.7 Å². The summed E-state index contributed by atoms with van der Waals surface area (Å²) in [5.74, 6) is -0.924. The minimum absolute atomic E-state index is 0.0512. The number of nitrogens with zero attached hydrogens (tertiary/aromatic N) is 1. The zero-order chi connectivity index (χ0) is 45.7. The van der Waals surface area contributed by atoms with Crippen molar-refractivity contribution in [1.29, 1.82) is 0 Å². The number of rotatable bonds is 40. The van der Waals surface area contributed by atoms with E-state index in [-0.39, 0.29) is 26.1 Å². The summed E-state index contributed by atoms with van der Waals surface area (Å²) in [4.78, 5) is 37.6. The molecule has 10 heteroatoms. The molecule has 0 amide bonds. The standard InChI is InChI=1S/C52H84NO8P/c1-6-8-10-12-14-16-18-20-22-24-26-28-30-32-34-36-38-40-42-44-51(54)58-48-50(49-60-62(56,57)59-47-46-53(3,4)5)61-52(55)45-43-41-39-37-35-33-31-29-27-25-23-21-19-17-15-13-11-9-7-2/h8-11,14-17,20-23,26-29,32-35,50H,6-7,12-13,18-19,24-25,30-31,36-49H2,1-5H3/b10-8+,11-9+,16-14+,17-15+,22-20+,23-21+,28-26+,29-27+,34-32+,35-33+/t50-/m1/s1. The molecule has 0 aromatic heterocycles. The lowest BCUT2D eigenvalue weighted by atomic mass is 10.1. The molecule has 0 saturated carbocycles. The number of phosphoric acid groups is 1. The smallest absolute Gasteiger partial charge is 0.306 e. The molecule has 9 nitrogen and oxygen atoms in total. The molecule has 0 aromatic rings. The first-order valence-electron chi connectivity index (χ1n) is 23.2. The molecule has 0 radical (unpaired) electrons. The van der Waals surface area contributed by atoms with Crippen LogP contribution in [0.4, 0.5) is 0 Å². The van der Waals surface area contributed by atoms with E-state index in [9.17, 15) is 19.0 Å². The Labute approximate surface area is 378 Å². The van der Waals surface area contributed by atoms with Gasteiger partial charge in [0.25, 0.3) is 7.82 Å². The molecular formula is C52H84NO8P. The van der Waals surface area contributed by atoms with Crippen molar-refractivity contribution in [3.63, 3.8) is 0 Å². The van der Waals surface area contributed by atoms with Crippen molar-refractivity contribution in [2.45, 2.75) is 148 Å². The molecule has 0 bridgehead atoms. The van der Waals surface area contributed by atoms with Crippen LogP contribution in [0.5, 0.6) is 0 Å². The second-order valence-electron chi connectivity index (χ2n) is 16.0. The van der Waals surface area contributed by atoms with Crippen molar-refractivity contribution in [2.24, 2.45) is 0 Å². The van der Waals surface area contributed by atoms with Gasteiger partial charge in [-0.05, 0) is 103 Å². The van der Waals surface area contributed by atoms with Crippen molar-refractivity contribution in [3.05, 3.63) is 122 Å². The molecule has 0 aliphatic carbocycles. The molecule has 0 aromatic carbocycles. The van der Waals surface area contributed by atoms with E-state index >= 15 is 0 Å². The summed E-state index contributed by atoms with van der Waals surface area (Å²) in [5.41, 5.74) is 0. The van der Waals surface area contributed by atoms with E-state index < -0.39 is 32.5 Å².